The Morgan fingerprint density at radius 2 is 1.71 bits per heavy atom. The van der Waals surface area contributed by atoms with Crippen molar-refractivity contribution in [3.63, 3.8) is 0 Å². The largest absolute Gasteiger partial charge is 0.469 e. The smallest absolute Gasteiger partial charge is 0.338 e. The van der Waals surface area contributed by atoms with Crippen LogP contribution in [-0.4, -0.2) is 33.8 Å². The van der Waals surface area contributed by atoms with E-state index in [1.807, 2.05) is 57.2 Å². The lowest BCUT2D eigenvalue weighted by Crippen LogP contribution is -2.06. The molecule has 0 atom stereocenters. The number of nitrogens with zero attached hydrogens (tertiary/aromatic N) is 3. The van der Waals surface area contributed by atoms with Crippen molar-refractivity contribution < 1.29 is 23.5 Å². The molecule has 180 valence electrons. The minimum atomic E-state index is -0.455. The van der Waals surface area contributed by atoms with E-state index in [1.165, 1.54) is 13.4 Å². The van der Waals surface area contributed by atoms with Crippen molar-refractivity contribution in [3.05, 3.63) is 88.6 Å². The van der Waals surface area contributed by atoms with Crippen LogP contribution < -0.4 is 0 Å². The Kier molecular flexibility index (Phi) is 7.10. The zero-order chi connectivity index (χ0) is 24.9. The first-order valence-electron chi connectivity index (χ1n) is 11.3. The van der Waals surface area contributed by atoms with Gasteiger partial charge in [0.05, 0.1) is 24.1 Å². The van der Waals surface area contributed by atoms with Crippen molar-refractivity contribution >= 4 is 11.9 Å². The molecular weight excluding hydrogens is 446 g/mol. The Labute approximate surface area is 203 Å². The van der Waals surface area contributed by atoms with Crippen molar-refractivity contribution in [2.45, 2.75) is 40.2 Å². The van der Waals surface area contributed by atoms with E-state index in [1.54, 1.807) is 16.8 Å². The summed E-state index contributed by atoms with van der Waals surface area (Å²) in [5.41, 5.74) is 6.58. The zero-order valence-electron chi connectivity index (χ0n) is 20.2. The molecule has 4 rings (SSSR count). The molecule has 2 aromatic heterocycles. The van der Waals surface area contributed by atoms with Gasteiger partial charge in [0.2, 0.25) is 5.89 Å². The lowest BCUT2D eigenvalue weighted by atomic mass is 10.1. The number of ether oxygens (including phenoxy) is 2. The fourth-order valence-corrected chi connectivity index (χ4v) is 3.78. The molecule has 0 radical (unpaired) electrons. The maximum Gasteiger partial charge on any atom is 0.338 e. The molecule has 4 aromatic rings. The monoisotopic (exact) mass is 473 g/mol. The third kappa shape index (κ3) is 5.48. The number of oxazole rings is 1. The van der Waals surface area contributed by atoms with E-state index in [0.717, 1.165) is 33.8 Å². The van der Waals surface area contributed by atoms with Crippen LogP contribution in [0.2, 0.25) is 0 Å². The summed E-state index contributed by atoms with van der Waals surface area (Å²) in [6.07, 6.45) is 2.35. The molecule has 0 saturated heterocycles. The van der Waals surface area contributed by atoms with Crippen LogP contribution in [0.1, 0.15) is 45.0 Å². The fourth-order valence-electron chi connectivity index (χ4n) is 3.78. The number of benzene rings is 2. The Bertz CT molecular complexity index is 1330. The van der Waals surface area contributed by atoms with Gasteiger partial charge in [-0.3, -0.25) is 4.79 Å². The molecule has 0 spiro atoms. The molecule has 2 heterocycles. The van der Waals surface area contributed by atoms with Crippen LogP contribution in [-0.2, 0) is 27.3 Å². The molecular formula is C27H27N3O5. The highest BCUT2D eigenvalue weighted by Crippen LogP contribution is 2.21. The molecule has 8 nitrogen and oxygen atoms in total. The molecule has 2 aromatic carbocycles. The number of hydrogen-bond donors (Lipinski definition) is 0. The van der Waals surface area contributed by atoms with Crippen LogP contribution in [0.3, 0.4) is 0 Å². The minimum absolute atomic E-state index is 0.0109. The van der Waals surface area contributed by atoms with E-state index in [-0.39, 0.29) is 12.6 Å². The first-order chi connectivity index (χ1) is 16.9. The van der Waals surface area contributed by atoms with Crippen LogP contribution in [0.5, 0.6) is 0 Å². The Morgan fingerprint density at radius 1 is 1.00 bits per heavy atom. The lowest BCUT2D eigenvalue weighted by Gasteiger charge is -2.07. The molecule has 0 fully saturated rings. The van der Waals surface area contributed by atoms with Crippen LogP contribution in [0, 0.1) is 20.8 Å². The van der Waals surface area contributed by atoms with Gasteiger partial charge >= 0.3 is 11.9 Å². The van der Waals surface area contributed by atoms with E-state index in [2.05, 4.69) is 10.1 Å². The number of esters is 2. The first-order valence-corrected chi connectivity index (χ1v) is 11.3. The predicted octanol–water partition coefficient (Wildman–Crippen LogP) is 4.92. The molecule has 0 amide bonds. The summed E-state index contributed by atoms with van der Waals surface area (Å²) in [6, 6.07) is 14.9. The molecule has 8 heteroatoms. The van der Waals surface area contributed by atoms with Gasteiger partial charge < -0.3 is 13.9 Å². The standard InChI is InChI=1S/C27H27N3O5/c1-17-5-7-20(8-6-17)26-28-22(15-34-26)16-35-27(32)21-9-11-23(12-10-21)30-19(3)24(18(2)29-30)13-14-25(31)33-4/h5-12,15H,13-14,16H2,1-4H3. The fraction of sp³-hybridized carbons (Fsp3) is 0.259. The van der Waals surface area contributed by atoms with Gasteiger partial charge in [-0.2, -0.15) is 5.10 Å². The normalized spacial score (nSPS) is 10.9. The average molecular weight is 474 g/mol. The number of hydrogen-bond acceptors (Lipinski definition) is 7. The van der Waals surface area contributed by atoms with Crippen LogP contribution in [0.15, 0.2) is 59.2 Å². The maximum absolute atomic E-state index is 12.5. The third-order valence-electron chi connectivity index (χ3n) is 5.80. The van der Waals surface area contributed by atoms with Gasteiger partial charge in [-0.1, -0.05) is 17.7 Å². The van der Waals surface area contributed by atoms with Crippen molar-refractivity contribution in [2.24, 2.45) is 0 Å². The molecule has 35 heavy (non-hydrogen) atoms. The van der Waals surface area contributed by atoms with Crippen LogP contribution in [0.4, 0.5) is 0 Å². The second-order valence-electron chi connectivity index (χ2n) is 8.27. The second-order valence-corrected chi connectivity index (χ2v) is 8.27. The van der Waals surface area contributed by atoms with Gasteiger partial charge in [0.25, 0.3) is 0 Å². The summed E-state index contributed by atoms with van der Waals surface area (Å²) in [6.45, 7) is 5.89. The number of carbonyl (C=O) groups excluding carboxylic acids is 2. The molecule has 0 aliphatic heterocycles. The average Bonchev–Trinajstić information content (AvgIpc) is 3.45. The van der Waals surface area contributed by atoms with Gasteiger partial charge in [0.15, 0.2) is 0 Å². The summed E-state index contributed by atoms with van der Waals surface area (Å²) in [4.78, 5) is 28.4. The van der Waals surface area contributed by atoms with Gasteiger partial charge in [-0.25, -0.2) is 14.5 Å². The number of aromatic nitrogens is 3. The molecule has 0 aliphatic carbocycles. The van der Waals surface area contributed by atoms with Gasteiger partial charge in [0.1, 0.15) is 18.6 Å². The Hall–Kier alpha value is -4.20. The van der Waals surface area contributed by atoms with Crippen molar-refractivity contribution in [3.8, 4) is 17.1 Å². The quantitative estimate of drug-likeness (QED) is 0.335. The third-order valence-corrected chi connectivity index (χ3v) is 5.80. The Morgan fingerprint density at radius 3 is 2.40 bits per heavy atom. The first kappa shape index (κ1) is 23.9. The lowest BCUT2D eigenvalue weighted by molar-refractivity contribution is -0.140. The summed E-state index contributed by atoms with van der Waals surface area (Å²) >= 11 is 0. The van der Waals surface area contributed by atoms with E-state index in [4.69, 9.17) is 13.9 Å². The molecule has 0 unspecified atom stereocenters. The molecule has 0 aliphatic rings. The minimum Gasteiger partial charge on any atom is -0.469 e. The summed E-state index contributed by atoms with van der Waals surface area (Å²) < 4.78 is 17.5. The van der Waals surface area contributed by atoms with Crippen LogP contribution in [0.25, 0.3) is 17.1 Å². The van der Waals surface area contributed by atoms with Crippen molar-refractivity contribution in [2.75, 3.05) is 7.11 Å². The molecule has 0 bridgehead atoms. The summed E-state index contributed by atoms with van der Waals surface area (Å²) in [5.74, 6) is -0.226. The van der Waals surface area contributed by atoms with Gasteiger partial charge in [-0.05, 0) is 69.2 Å². The number of carbonyl (C=O) groups is 2. The SMILES string of the molecule is COC(=O)CCc1c(C)nn(-c2ccc(C(=O)OCc3coc(-c4ccc(C)cc4)n3)cc2)c1C. The van der Waals surface area contributed by atoms with E-state index >= 15 is 0 Å². The van der Waals surface area contributed by atoms with Crippen molar-refractivity contribution in [1.29, 1.82) is 0 Å². The van der Waals surface area contributed by atoms with Crippen LogP contribution >= 0.6 is 0 Å². The molecule has 0 N–H and O–H groups in total. The topological polar surface area (TPSA) is 96.5 Å². The highest BCUT2D eigenvalue weighted by atomic mass is 16.5. The predicted molar refractivity (Wildman–Crippen MR) is 129 cm³/mol. The van der Waals surface area contributed by atoms with Gasteiger partial charge in [0, 0.05) is 17.7 Å². The maximum atomic E-state index is 12.5. The van der Waals surface area contributed by atoms with E-state index in [9.17, 15) is 9.59 Å². The van der Waals surface area contributed by atoms with Crippen molar-refractivity contribution in [1.82, 2.24) is 14.8 Å². The van der Waals surface area contributed by atoms with E-state index in [0.29, 0.717) is 30.0 Å². The van der Waals surface area contributed by atoms with Gasteiger partial charge in [-0.15, -0.1) is 0 Å². The Balaban J connectivity index is 1.39. The van der Waals surface area contributed by atoms with E-state index < -0.39 is 5.97 Å². The second kappa shape index (κ2) is 10.4. The summed E-state index contributed by atoms with van der Waals surface area (Å²) in [5, 5.41) is 4.60. The highest BCUT2D eigenvalue weighted by Gasteiger charge is 2.16. The zero-order valence-corrected chi connectivity index (χ0v) is 20.2. The summed E-state index contributed by atoms with van der Waals surface area (Å²) in [7, 11) is 1.38. The highest BCUT2D eigenvalue weighted by molar-refractivity contribution is 5.89. The number of aryl methyl sites for hydroxylation is 2. The number of methoxy groups -OCH3 is 1. The molecule has 0 saturated carbocycles. The number of rotatable bonds is 8.